The van der Waals surface area contributed by atoms with E-state index in [9.17, 15) is 0 Å². The standard InChI is InChI=1S/C7H9NO/c1-5-4-8-7(9-5)6-2-3-6/h6H,1-4H2. The second kappa shape index (κ2) is 1.59. The molecule has 1 fully saturated rings. The monoisotopic (exact) mass is 123 g/mol. The van der Waals surface area contributed by atoms with E-state index in [4.69, 9.17) is 4.74 Å². The minimum absolute atomic E-state index is 0.643. The lowest BCUT2D eigenvalue weighted by Crippen LogP contribution is -1.98. The van der Waals surface area contributed by atoms with Gasteiger partial charge in [-0.3, -0.25) is 0 Å². The van der Waals surface area contributed by atoms with E-state index < -0.39 is 0 Å². The van der Waals surface area contributed by atoms with Gasteiger partial charge in [0.15, 0.2) is 5.90 Å². The Hall–Kier alpha value is -0.790. The Morgan fingerprint density at radius 1 is 1.56 bits per heavy atom. The van der Waals surface area contributed by atoms with Gasteiger partial charge < -0.3 is 4.74 Å². The summed E-state index contributed by atoms with van der Waals surface area (Å²) in [5.41, 5.74) is 0. The maximum Gasteiger partial charge on any atom is 0.193 e. The molecule has 0 aromatic rings. The molecule has 0 N–H and O–H groups in total. The molecular formula is C7H9NO. The molecule has 0 spiro atoms. The van der Waals surface area contributed by atoms with Gasteiger partial charge in [-0.2, -0.15) is 0 Å². The molecule has 2 heteroatoms. The van der Waals surface area contributed by atoms with E-state index in [1.165, 1.54) is 12.8 Å². The van der Waals surface area contributed by atoms with Crippen molar-refractivity contribution in [3.8, 4) is 0 Å². The van der Waals surface area contributed by atoms with Crippen LogP contribution in [0.4, 0.5) is 0 Å². The molecule has 0 saturated heterocycles. The zero-order valence-electron chi connectivity index (χ0n) is 5.26. The normalized spacial score (nSPS) is 25.8. The van der Waals surface area contributed by atoms with Gasteiger partial charge in [0.2, 0.25) is 0 Å². The van der Waals surface area contributed by atoms with Gasteiger partial charge >= 0.3 is 0 Å². The molecule has 1 aliphatic heterocycles. The van der Waals surface area contributed by atoms with Crippen molar-refractivity contribution in [2.75, 3.05) is 6.54 Å². The lowest BCUT2D eigenvalue weighted by atomic mass is 10.4. The molecule has 1 heterocycles. The molecule has 0 aromatic carbocycles. The van der Waals surface area contributed by atoms with Gasteiger partial charge in [0.05, 0.1) is 0 Å². The highest BCUT2D eigenvalue weighted by Crippen LogP contribution is 2.33. The van der Waals surface area contributed by atoms with Crippen LogP contribution in [0.15, 0.2) is 17.3 Å². The molecule has 0 bridgehead atoms. The largest absolute Gasteiger partial charge is 0.446 e. The Morgan fingerprint density at radius 3 is 2.78 bits per heavy atom. The quantitative estimate of drug-likeness (QED) is 0.515. The molecule has 1 saturated carbocycles. The average Bonchev–Trinajstić information content (AvgIpc) is 2.58. The molecule has 9 heavy (non-hydrogen) atoms. The first-order chi connectivity index (χ1) is 4.36. The van der Waals surface area contributed by atoms with Gasteiger partial charge in [0.25, 0.3) is 0 Å². The molecule has 2 nitrogen and oxygen atoms in total. The number of hydrogen-bond acceptors (Lipinski definition) is 2. The van der Waals surface area contributed by atoms with E-state index in [1.54, 1.807) is 0 Å². The van der Waals surface area contributed by atoms with Crippen molar-refractivity contribution in [3.63, 3.8) is 0 Å². The van der Waals surface area contributed by atoms with Crippen LogP contribution in [0.3, 0.4) is 0 Å². The lowest BCUT2D eigenvalue weighted by Gasteiger charge is -1.95. The fourth-order valence-corrected chi connectivity index (χ4v) is 0.921. The second-order valence-corrected chi connectivity index (χ2v) is 2.57. The Labute approximate surface area is 54.2 Å². The fraction of sp³-hybridized carbons (Fsp3) is 0.571. The second-order valence-electron chi connectivity index (χ2n) is 2.57. The molecular weight excluding hydrogens is 114 g/mol. The van der Waals surface area contributed by atoms with Crippen molar-refractivity contribution in [2.45, 2.75) is 12.8 Å². The summed E-state index contributed by atoms with van der Waals surface area (Å²) in [5, 5.41) is 0. The Bertz CT molecular complexity index is 179. The minimum atomic E-state index is 0.643. The van der Waals surface area contributed by atoms with E-state index in [2.05, 4.69) is 11.6 Å². The molecule has 0 atom stereocenters. The first-order valence-corrected chi connectivity index (χ1v) is 3.26. The van der Waals surface area contributed by atoms with Gasteiger partial charge in [-0.05, 0) is 12.8 Å². The van der Waals surface area contributed by atoms with Gasteiger partial charge in [0.1, 0.15) is 12.3 Å². The van der Waals surface area contributed by atoms with E-state index in [-0.39, 0.29) is 0 Å². The van der Waals surface area contributed by atoms with Crippen LogP contribution in [0.25, 0.3) is 0 Å². The van der Waals surface area contributed by atoms with Gasteiger partial charge in [-0.25, -0.2) is 4.99 Å². The van der Waals surface area contributed by atoms with E-state index in [0.717, 1.165) is 11.7 Å². The highest BCUT2D eigenvalue weighted by Gasteiger charge is 2.31. The van der Waals surface area contributed by atoms with Crippen LogP contribution < -0.4 is 0 Å². The van der Waals surface area contributed by atoms with E-state index >= 15 is 0 Å². The van der Waals surface area contributed by atoms with E-state index in [0.29, 0.717) is 12.5 Å². The molecule has 2 rings (SSSR count). The first kappa shape index (κ1) is 5.03. The zero-order valence-corrected chi connectivity index (χ0v) is 5.26. The molecule has 1 aliphatic carbocycles. The van der Waals surface area contributed by atoms with Crippen molar-refractivity contribution in [2.24, 2.45) is 10.9 Å². The first-order valence-electron chi connectivity index (χ1n) is 3.26. The third-order valence-electron chi connectivity index (χ3n) is 1.59. The van der Waals surface area contributed by atoms with Gasteiger partial charge in [-0.15, -0.1) is 0 Å². The van der Waals surface area contributed by atoms with Gasteiger partial charge in [0, 0.05) is 5.92 Å². The van der Waals surface area contributed by atoms with Crippen LogP contribution in [0.2, 0.25) is 0 Å². The number of aliphatic imine (C=N–C) groups is 1. The summed E-state index contributed by atoms with van der Waals surface area (Å²) in [6, 6.07) is 0. The highest BCUT2D eigenvalue weighted by atomic mass is 16.5. The zero-order chi connectivity index (χ0) is 6.27. The van der Waals surface area contributed by atoms with Crippen molar-refractivity contribution in [1.82, 2.24) is 0 Å². The molecule has 0 radical (unpaired) electrons. The summed E-state index contributed by atoms with van der Waals surface area (Å²) in [6.45, 7) is 4.36. The third-order valence-corrected chi connectivity index (χ3v) is 1.59. The molecule has 0 aromatic heterocycles. The maximum atomic E-state index is 5.24. The van der Waals surface area contributed by atoms with E-state index in [1.807, 2.05) is 0 Å². The van der Waals surface area contributed by atoms with Crippen LogP contribution in [-0.4, -0.2) is 12.4 Å². The maximum absolute atomic E-state index is 5.24. The molecule has 48 valence electrons. The summed E-state index contributed by atoms with van der Waals surface area (Å²) in [6.07, 6.45) is 2.51. The van der Waals surface area contributed by atoms with Crippen LogP contribution in [0, 0.1) is 5.92 Å². The number of hydrogen-bond donors (Lipinski definition) is 0. The van der Waals surface area contributed by atoms with Gasteiger partial charge in [-0.1, -0.05) is 6.58 Å². The van der Waals surface area contributed by atoms with Crippen LogP contribution >= 0.6 is 0 Å². The lowest BCUT2D eigenvalue weighted by molar-refractivity contribution is 0.425. The Morgan fingerprint density at radius 2 is 2.33 bits per heavy atom. The van der Waals surface area contributed by atoms with Crippen molar-refractivity contribution >= 4 is 5.90 Å². The van der Waals surface area contributed by atoms with Crippen molar-refractivity contribution < 1.29 is 4.74 Å². The van der Waals surface area contributed by atoms with Crippen molar-refractivity contribution in [3.05, 3.63) is 12.3 Å². The summed E-state index contributed by atoms with van der Waals surface area (Å²) in [7, 11) is 0. The van der Waals surface area contributed by atoms with Crippen LogP contribution in [0.1, 0.15) is 12.8 Å². The number of rotatable bonds is 1. The average molecular weight is 123 g/mol. The third kappa shape index (κ3) is 0.846. The predicted molar refractivity (Wildman–Crippen MR) is 35.3 cm³/mol. The van der Waals surface area contributed by atoms with Crippen LogP contribution in [0.5, 0.6) is 0 Å². The fourth-order valence-electron chi connectivity index (χ4n) is 0.921. The highest BCUT2D eigenvalue weighted by molar-refractivity contribution is 5.83. The van der Waals surface area contributed by atoms with Crippen molar-refractivity contribution in [1.29, 1.82) is 0 Å². The summed E-state index contributed by atoms with van der Waals surface area (Å²) < 4.78 is 5.24. The summed E-state index contributed by atoms with van der Waals surface area (Å²) >= 11 is 0. The van der Waals surface area contributed by atoms with Crippen LogP contribution in [-0.2, 0) is 4.74 Å². The molecule has 2 aliphatic rings. The smallest absolute Gasteiger partial charge is 0.193 e. The number of nitrogens with zero attached hydrogens (tertiary/aromatic N) is 1. The number of ether oxygens (including phenoxy) is 1. The predicted octanol–water partition coefficient (Wildman–Crippen LogP) is 1.34. The topological polar surface area (TPSA) is 21.6 Å². The summed E-state index contributed by atoms with van der Waals surface area (Å²) in [5.74, 6) is 2.38. The summed E-state index contributed by atoms with van der Waals surface area (Å²) in [4.78, 5) is 4.17. The SMILES string of the molecule is C=C1CN=C(C2CC2)O1. The Kier molecular flexibility index (Phi) is 0.891. The Balaban J connectivity index is 2.05. The molecule has 0 amide bonds. The minimum Gasteiger partial charge on any atom is -0.446 e. The molecule has 0 unspecified atom stereocenters.